The number of pyridine rings is 1. The lowest BCUT2D eigenvalue weighted by Crippen LogP contribution is -2.22. The molecule has 0 saturated carbocycles. The topological polar surface area (TPSA) is 79.1 Å². The quantitative estimate of drug-likeness (QED) is 0.842. The number of fused-ring (bicyclic) bond motifs is 1. The van der Waals surface area contributed by atoms with Crippen molar-refractivity contribution < 1.29 is 9.59 Å². The average molecular weight is 373 g/mol. The van der Waals surface area contributed by atoms with Gasteiger partial charge < -0.3 is 10.2 Å². The average Bonchev–Trinajstić information content (AvgIpc) is 3.21. The molecule has 1 saturated heterocycles. The third kappa shape index (κ3) is 3.75. The van der Waals surface area contributed by atoms with E-state index in [1.807, 2.05) is 10.5 Å². The van der Waals surface area contributed by atoms with Crippen molar-refractivity contribution in [3.8, 4) is 0 Å². The number of imidazole rings is 1. The van der Waals surface area contributed by atoms with Crippen molar-refractivity contribution in [3.05, 3.63) is 29.6 Å². The van der Waals surface area contributed by atoms with Crippen molar-refractivity contribution in [3.63, 3.8) is 0 Å². The molecule has 0 radical (unpaired) electrons. The molecule has 8 heteroatoms. The van der Waals surface area contributed by atoms with Crippen molar-refractivity contribution in [2.75, 3.05) is 24.2 Å². The fourth-order valence-corrected chi connectivity index (χ4v) is 3.57. The minimum absolute atomic E-state index is 0.126. The Morgan fingerprint density at radius 1 is 1.42 bits per heavy atom. The Balaban J connectivity index is 1.96. The van der Waals surface area contributed by atoms with Gasteiger partial charge in [0.25, 0.3) is 5.91 Å². The molecule has 3 heterocycles. The molecule has 1 aliphatic heterocycles. The minimum Gasteiger partial charge on any atom is -0.359 e. The summed E-state index contributed by atoms with van der Waals surface area (Å²) < 4.78 is 1.96. The van der Waals surface area contributed by atoms with Crippen LogP contribution in [0.2, 0.25) is 0 Å². The third-order valence-corrected chi connectivity index (χ3v) is 5.12. The highest BCUT2D eigenvalue weighted by Crippen LogP contribution is 2.24. The van der Waals surface area contributed by atoms with Crippen LogP contribution >= 0.6 is 11.8 Å². The molecule has 1 N–H and O–H groups in total. The molecule has 0 atom stereocenters. The van der Waals surface area contributed by atoms with Crippen LogP contribution in [0.25, 0.3) is 5.65 Å². The standard InChI is InChI=1S/C18H23N5O2S/c1-4-6-9-22(3)17-13(5-2)19-14-8-7-12(10-23(14)17)16(25)21-18-20-15(24)11-26-18/h7-8,10H,4-6,9,11H2,1-3H3,(H,20,21,24,25). The summed E-state index contributed by atoms with van der Waals surface area (Å²) in [7, 11) is 2.05. The number of rotatable bonds is 6. The molecule has 0 bridgehead atoms. The molecule has 138 valence electrons. The molecule has 0 spiro atoms. The summed E-state index contributed by atoms with van der Waals surface area (Å²) in [5.74, 6) is 0.824. The zero-order valence-electron chi connectivity index (χ0n) is 15.3. The maximum atomic E-state index is 12.5. The molecule has 2 aromatic heterocycles. The molecule has 1 fully saturated rings. The van der Waals surface area contributed by atoms with Gasteiger partial charge in [0.05, 0.1) is 17.0 Å². The number of aromatic nitrogens is 2. The fraction of sp³-hybridized carbons (Fsp3) is 0.444. The number of carbonyl (C=O) groups excluding carboxylic acids is 2. The number of nitrogens with zero attached hydrogens (tertiary/aromatic N) is 4. The molecule has 2 amide bonds. The maximum Gasteiger partial charge on any atom is 0.280 e. The number of anilines is 1. The normalized spacial score (nSPS) is 15.7. The van der Waals surface area contributed by atoms with Gasteiger partial charge in [-0.25, -0.2) is 4.98 Å². The highest BCUT2D eigenvalue weighted by Gasteiger charge is 2.20. The Bertz CT molecular complexity index is 874. The number of carbonyl (C=O) groups is 2. The summed E-state index contributed by atoms with van der Waals surface area (Å²) in [4.78, 5) is 34.6. The van der Waals surface area contributed by atoms with Gasteiger partial charge in [0, 0.05) is 19.8 Å². The lowest BCUT2D eigenvalue weighted by molar-refractivity contribution is -0.116. The van der Waals surface area contributed by atoms with Crippen molar-refractivity contribution in [2.45, 2.75) is 33.1 Å². The van der Waals surface area contributed by atoms with Crippen LogP contribution in [0.15, 0.2) is 23.3 Å². The number of hydrogen-bond donors (Lipinski definition) is 1. The second kappa shape index (κ2) is 7.90. The van der Waals surface area contributed by atoms with E-state index in [1.165, 1.54) is 11.8 Å². The lowest BCUT2D eigenvalue weighted by atomic mass is 10.2. The summed E-state index contributed by atoms with van der Waals surface area (Å²) in [6, 6.07) is 3.57. The zero-order chi connectivity index (χ0) is 18.7. The number of nitrogens with one attached hydrogen (secondary N) is 1. The van der Waals surface area contributed by atoms with E-state index in [1.54, 1.807) is 12.3 Å². The zero-order valence-corrected chi connectivity index (χ0v) is 16.1. The molecule has 26 heavy (non-hydrogen) atoms. The fourth-order valence-electron chi connectivity index (χ4n) is 2.89. The lowest BCUT2D eigenvalue weighted by Gasteiger charge is -2.19. The van der Waals surface area contributed by atoms with Crippen molar-refractivity contribution in [2.24, 2.45) is 4.99 Å². The second-order valence-electron chi connectivity index (χ2n) is 6.22. The molecule has 0 aliphatic carbocycles. The van der Waals surface area contributed by atoms with Crippen molar-refractivity contribution >= 4 is 40.2 Å². The number of amidine groups is 1. The summed E-state index contributed by atoms with van der Waals surface area (Å²) in [6.45, 7) is 5.18. The van der Waals surface area contributed by atoms with E-state index in [4.69, 9.17) is 0 Å². The van der Waals surface area contributed by atoms with Gasteiger partial charge in [0.1, 0.15) is 11.5 Å². The summed E-state index contributed by atoms with van der Waals surface area (Å²) in [6.07, 6.45) is 4.82. The molecular weight excluding hydrogens is 350 g/mol. The van der Waals surface area contributed by atoms with Gasteiger partial charge in [-0.3, -0.25) is 14.0 Å². The number of thioether (sulfide) groups is 1. The molecule has 3 rings (SSSR count). The Morgan fingerprint density at radius 3 is 2.88 bits per heavy atom. The van der Waals surface area contributed by atoms with E-state index in [-0.39, 0.29) is 11.8 Å². The Morgan fingerprint density at radius 2 is 2.23 bits per heavy atom. The first-order valence-electron chi connectivity index (χ1n) is 8.81. The number of hydrogen-bond acceptors (Lipinski definition) is 5. The minimum atomic E-state index is -0.370. The SMILES string of the molecule is CCCCN(C)c1c(CC)nc2ccc(C(=O)N=C3NC(=O)CS3)cn12. The van der Waals surface area contributed by atoms with Crippen LogP contribution in [-0.2, 0) is 11.2 Å². The molecular formula is C18H23N5O2S. The van der Waals surface area contributed by atoms with E-state index in [9.17, 15) is 9.59 Å². The van der Waals surface area contributed by atoms with E-state index in [2.05, 4.69) is 41.1 Å². The van der Waals surface area contributed by atoms with Crippen LogP contribution in [0.3, 0.4) is 0 Å². The van der Waals surface area contributed by atoms with Gasteiger partial charge >= 0.3 is 0 Å². The van der Waals surface area contributed by atoms with E-state index in [0.29, 0.717) is 16.5 Å². The van der Waals surface area contributed by atoms with Gasteiger partial charge in [-0.15, -0.1) is 0 Å². The first-order valence-corrected chi connectivity index (χ1v) is 9.79. The second-order valence-corrected chi connectivity index (χ2v) is 7.18. The van der Waals surface area contributed by atoms with Gasteiger partial charge in [-0.05, 0) is 25.0 Å². The molecule has 7 nitrogen and oxygen atoms in total. The van der Waals surface area contributed by atoms with Crippen LogP contribution in [0.4, 0.5) is 5.82 Å². The van der Waals surface area contributed by atoms with Crippen LogP contribution in [0, 0.1) is 0 Å². The van der Waals surface area contributed by atoms with Gasteiger partial charge in [0.2, 0.25) is 5.91 Å². The summed E-state index contributed by atoms with van der Waals surface area (Å²) >= 11 is 1.24. The van der Waals surface area contributed by atoms with E-state index in [0.717, 1.165) is 43.0 Å². The Hall–Kier alpha value is -2.35. The molecule has 1 aliphatic rings. The molecule has 2 aromatic rings. The number of amides is 2. The first kappa shape index (κ1) is 18.4. The number of aliphatic imine (C=N–C) groups is 1. The monoisotopic (exact) mass is 373 g/mol. The highest BCUT2D eigenvalue weighted by atomic mass is 32.2. The number of unbranched alkanes of at least 4 members (excludes halogenated alkanes) is 1. The smallest absolute Gasteiger partial charge is 0.280 e. The number of aryl methyl sites for hydroxylation is 1. The van der Waals surface area contributed by atoms with Crippen molar-refractivity contribution in [1.82, 2.24) is 14.7 Å². The van der Waals surface area contributed by atoms with E-state index >= 15 is 0 Å². The van der Waals surface area contributed by atoms with Gasteiger partial charge in [0.15, 0.2) is 5.17 Å². The highest BCUT2D eigenvalue weighted by molar-refractivity contribution is 8.15. The Labute approximate surface area is 156 Å². The largest absolute Gasteiger partial charge is 0.359 e. The van der Waals surface area contributed by atoms with Crippen LogP contribution in [0.1, 0.15) is 42.7 Å². The first-order chi connectivity index (χ1) is 12.5. The van der Waals surface area contributed by atoms with Crippen molar-refractivity contribution in [1.29, 1.82) is 0 Å². The summed E-state index contributed by atoms with van der Waals surface area (Å²) in [5, 5.41) is 2.94. The van der Waals surface area contributed by atoms with Gasteiger partial charge in [-0.2, -0.15) is 4.99 Å². The predicted molar refractivity (Wildman–Crippen MR) is 105 cm³/mol. The molecule has 0 aromatic carbocycles. The predicted octanol–water partition coefficient (Wildman–Crippen LogP) is 2.49. The van der Waals surface area contributed by atoms with Crippen LogP contribution < -0.4 is 10.2 Å². The Kier molecular flexibility index (Phi) is 5.61. The van der Waals surface area contributed by atoms with Crippen LogP contribution in [-0.4, -0.2) is 45.7 Å². The maximum absolute atomic E-state index is 12.5. The third-order valence-electron chi connectivity index (χ3n) is 4.24. The molecule has 0 unspecified atom stereocenters. The van der Waals surface area contributed by atoms with Crippen LogP contribution in [0.5, 0.6) is 0 Å². The van der Waals surface area contributed by atoms with Gasteiger partial charge in [-0.1, -0.05) is 32.0 Å². The van der Waals surface area contributed by atoms with E-state index < -0.39 is 0 Å². The summed E-state index contributed by atoms with van der Waals surface area (Å²) in [5.41, 5.74) is 2.29.